The summed E-state index contributed by atoms with van der Waals surface area (Å²) in [5, 5.41) is 27.0. The first kappa shape index (κ1) is 42.1. The van der Waals surface area contributed by atoms with Gasteiger partial charge in [-0.15, -0.1) is 18.2 Å². The number of ether oxygens (including phenoxy) is 4. The number of nitrogens with zero attached hydrogens (tertiary/aromatic N) is 2. The van der Waals surface area contributed by atoms with Crippen molar-refractivity contribution in [3.63, 3.8) is 0 Å². The fourth-order valence-corrected chi connectivity index (χ4v) is 8.64. The van der Waals surface area contributed by atoms with Gasteiger partial charge < -0.3 is 39.3 Å². The average Bonchev–Trinajstić information content (AvgIpc) is 3.19. The zero-order valence-corrected chi connectivity index (χ0v) is 32.8. The Balaban J connectivity index is 1.68. The van der Waals surface area contributed by atoms with Crippen LogP contribution in [0.3, 0.4) is 0 Å². The molecule has 1 fully saturated rings. The van der Waals surface area contributed by atoms with Crippen LogP contribution in [0.15, 0.2) is 78.0 Å². The van der Waals surface area contributed by atoms with Gasteiger partial charge in [-0.2, -0.15) is 0 Å². The van der Waals surface area contributed by atoms with Crippen molar-refractivity contribution < 1.29 is 43.6 Å². The first-order chi connectivity index (χ1) is 26.8. The van der Waals surface area contributed by atoms with Gasteiger partial charge in [-0.1, -0.05) is 67.4 Å². The SMILES string of the molecule is C=CCO[C@@]12Oc3ccc(OC(=O)NCc4ccccc4)cc3[C@H]3[C@H](CCCCO)[C@@H](CCCCO)C=C(C(=NOC)C[C@@H]1N(CCC)C(=O)OCCCl)[C@H]32. The van der Waals surface area contributed by atoms with E-state index in [1.807, 2.05) is 43.3 Å². The van der Waals surface area contributed by atoms with Gasteiger partial charge in [0.15, 0.2) is 0 Å². The molecular weight excluding hydrogens is 726 g/mol. The minimum atomic E-state index is -1.42. The predicted molar refractivity (Wildman–Crippen MR) is 210 cm³/mol. The van der Waals surface area contributed by atoms with Crippen LogP contribution in [0.5, 0.6) is 11.5 Å². The van der Waals surface area contributed by atoms with Gasteiger partial charge in [-0.3, -0.25) is 4.90 Å². The van der Waals surface area contributed by atoms with E-state index in [2.05, 4.69) is 23.1 Å². The lowest BCUT2D eigenvalue weighted by Crippen LogP contribution is -2.70. The second-order valence-corrected chi connectivity index (χ2v) is 14.6. The quantitative estimate of drug-likeness (QED) is 0.0544. The molecule has 55 heavy (non-hydrogen) atoms. The van der Waals surface area contributed by atoms with Gasteiger partial charge in [-0.05, 0) is 73.3 Å². The summed E-state index contributed by atoms with van der Waals surface area (Å²) in [6.07, 6.45) is 8.16. The number of allylic oxidation sites excluding steroid dienone is 1. The third kappa shape index (κ3) is 9.83. The van der Waals surface area contributed by atoms with Gasteiger partial charge in [0.25, 0.3) is 0 Å². The van der Waals surface area contributed by atoms with E-state index < -0.39 is 29.9 Å². The van der Waals surface area contributed by atoms with E-state index >= 15 is 0 Å². The van der Waals surface area contributed by atoms with Crippen LogP contribution in [-0.2, 0) is 20.9 Å². The molecule has 1 saturated carbocycles. The van der Waals surface area contributed by atoms with Crippen LogP contribution in [0.25, 0.3) is 0 Å². The van der Waals surface area contributed by atoms with Crippen molar-refractivity contribution in [3.05, 3.63) is 84.0 Å². The number of carbonyl (C=O) groups is 2. The Morgan fingerprint density at radius 1 is 1.11 bits per heavy atom. The maximum atomic E-state index is 13.9. The summed E-state index contributed by atoms with van der Waals surface area (Å²) >= 11 is 5.96. The lowest BCUT2D eigenvalue weighted by Gasteiger charge is -2.59. The number of oxime groups is 1. The van der Waals surface area contributed by atoms with E-state index in [0.29, 0.717) is 49.6 Å². The molecule has 2 amide bonds. The molecule has 1 heterocycles. The summed E-state index contributed by atoms with van der Waals surface area (Å²) in [5.74, 6) is -1.06. The number of nitrogens with one attached hydrogen (secondary N) is 1. The van der Waals surface area contributed by atoms with Crippen molar-refractivity contribution in [2.45, 2.75) is 82.6 Å². The maximum Gasteiger partial charge on any atom is 0.412 e. The molecule has 13 heteroatoms. The van der Waals surface area contributed by atoms with Crippen molar-refractivity contribution in [2.75, 3.05) is 46.0 Å². The topological polar surface area (TPSA) is 148 Å². The molecule has 0 radical (unpaired) electrons. The van der Waals surface area contributed by atoms with Crippen molar-refractivity contribution in [1.29, 1.82) is 0 Å². The number of benzene rings is 2. The maximum absolute atomic E-state index is 13.9. The molecule has 0 unspecified atom stereocenters. The molecule has 1 aliphatic heterocycles. The summed E-state index contributed by atoms with van der Waals surface area (Å²) in [6.45, 7) is 6.95. The molecule has 6 atom stereocenters. The number of hydrogen-bond donors (Lipinski definition) is 3. The van der Waals surface area contributed by atoms with Crippen LogP contribution < -0.4 is 14.8 Å². The molecular formula is C42H56ClN3O9. The highest BCUT2D eigenvalue weighted by molar-refractivity contribution is 6.18. The molecule has 2 aromatic rings. The second kappa shape index (κ2) is 20.7. The Bertz CT molecular complexity index is 1640. The number of halogens is 1. The Labute approximate surface area is 329 Å². The number of unbranched alkanes of at least 4 members (excludes halogenated alkanes) is 2. The zero-order valence-electron chi connectivity index (χ0n) is 32.0. The van der Waals surface area contributed by atoms with Gasteiger partial charge in [0.1, 0.15) is 31.3 Å². The molecule has 0 saturated heterocycles. The molecule has 0 aromatic heterocycles. The summed E-state index contributed by atoms with van der Waals surface area (Å²) in [5.41, 5.74) is 3.36. The Kier molecular flexibility index (Phi) is 15.8. The minimum absolute atomic E-state index is 0.0147. The summed E-state index contributed by atoms with van der Waals surface area (Å²) in [4.78, 5) is 34.1. The van der Waals surface area contributed by atoms with Crippen LogP contribution in [-0.4, -0.2) is 90.8 Å². The molecule has 3 aliphatic rings. The molecule has 3 N–H and O–H groups in total. The fourth-order valence-electron chi connectivity index (χ4n) is 8.56. The van der Waals surface area contributed by atoms with Crippen molar-refractivity contribution in [3.8, 4) is 11.5 Å². The number of aliphatic hydroxyl groups is 2. The standard InChI is InChI=1S/C42H56ClN3O9/c1-4-20-46(41(50)52-24-19-43)37-27-35(45-51-3)33-25-30(15-9-11-21-47)32(16-10-12-22-48)38-34-26-31(54-40(49)44-28-29-13-7-6-8-14-29)17-18-36(34)55-42(37,39(33)38)53-23-5-2/h5-8,13-14,17-18,25-26,30,32,37-39,47-48H,2,4,9-12,15-16,19-24,27-28H2,1,3H3,(H,44,49)/t30-,32+,37-,38+,39+,42+/m0/s1. The van der Waals surface area contributed by atoms with Crippen LogP contribution >= 0.6 is 11.6 Å². The van der Waals surface area contributed by atoms with Crippen LogP contribution in [0.4, 0.5) is 9.59 Å². The van der Waals surface area contributed by atoms with Gasteiger partial charge in [0, 0.05) is 44.2 Å². The van der Waals surface area contributed by atoms with E-state index in [-0.39, 0.29) is 56.5 Å². The normalized spacial score (nSPS) is 24.4. The van der Waals surface area contributed by atoms with Gasteiger partial charge in [0.05, 0.1) is 24.1 Å². The monoisotopic (exact) mass is 781 g/mol. The number of fused-ring (bicyclic) bond motifs is 2. The number of alkyl halides is 1. The summed E-state index contributed by atoms with van der Waals surface area (Å²) in [7, 11) is 1.51. The smallest absolute Gasteiger partial charge is 0.412 e. The fraction of sp³-hybridized carbons (Fsp3) is 0.548. The molecule has 0 spiro atoms. The molecule has 5 rings (SSSR count). The highest BCUT2D eigenvalue weighted by atomic mass is 35.5. The first-order valence-corrected chi connectivity index (χ1v) is 20.0. The van der Waals surface area contributed by atoms with E-state index in [1.54, 1.807) is 23.1 Å². The highest BCUT2D eigenvalue weighted by Gasteiger charge is 2.65. The van der Waals surface area contributed by atoms with Gasteiger partial charge in [0.2, 0.25) is 5.79 Å². The number of hydrogen-bond acceptors (Lipinski definition) is 10. The lowest BCUT2D eigenvalue weighted by atomic mass is 9.55. The van der Waals surface area contributed by atoms with Crippen LogP contribution in [0.2, 0.25) is 0 Å². The van der Waals surface area contributed by atoms with E-state index in [4.69, 9.17) is 35.4 Å². The lowest BCUT2D eigenvalue weighted by molar-refractivity contribution is -0.255. The van der Waals surface area contributed by atoms with Gasteiger partial charge in [-0.25, -0.2) is 9.59 Å². The third-order valence-electron chi connectivity index (χ3n) is 10.7. The Morgan fingerprint density at radius 3 is 2.56 bits per heavy atom. The van der Waals surface area contributed by atoms with Crippen LogP contribution in [0, 0.1) is 17.8 Å². The van der Waals surface area contributed by atoms with Crippen molar-refractivity contribution in [2.24, 2.45) is 22.9 Å². The first-order valence-electron chi connectivity index (χ1n) is 19.5. The largest absolute Gasteiger partial charge is 0.459 e. The molecule has 2 aromatic carbocycles. The van der Waals surface area contributed by atoms with Gasteiger partial charge >= 0.3 is 12.2 Å². The number of amides is 2. The number of rotatable bonds is 20. The summed E-state index contributed by atoms with van der Waals surface area (Å²) in [6, 6.07) is 14.3. The van der Waals surface area contributed by atoms with Crippen molar-refractivity contribution >= 4 is 29.5 Å². The van der Waals surface area contributed by atoms with E-state index in [1.165, 1.54) is 7.11 Å². The number of aliphatic hydroxyl groups excluding tert-OH is 2. The molecule has 300 valence electrons. The molecule has 12 nitrogen and oxygen atoms in total. The number of carbonyl (C=O) groups excluding carboxylic acids is 2. The molecule has 0 bridgehead atoms. The highest BCUT2D eigenvalue weighted by Crippen LogP contribution is 2.62. The van der Waals surface area contributed by atoms with E-state index in [0.717, 1.165) is 42.4 Å². The van der Waals surface area contributed by atoms with Crippen molar-refractivity contribution in [1.82, 2.24) is 10.2 Å². The average molecular weight is 782 g/mol. The Hall–Kier alpha value is -4.10. The second-order valence-electron chi connectivity index (χ2n) is 14.2. The van der Waals surface area contributed by atoms with Crippen LogP contribution in [0.1, 0.15) is 75.3 Å². The third-order valence-corrected chi connectivity index (χ3v) is 10.9. The predicted octanol–water partition coefficient (Wildman–Crippen LogP) is 7.33. The van der Waals surface area contributed by atoms with E-state index in [9.17, 15) is 19.8 Å². The molecule has 2 aliphatic carbocycles. The summed E-state index contributed by atoms with van der Waals surface area (Å²) < 4.78 is 25.6. The zero-order chi connectivity index (χ0) is 39.2. The minimum Gasteiger partial charge on any atom is -0.459 e. The Morgan fingerprint density at radius 2 is 1.87 bits per heavy atom.